The summed E-state index contributed by atoms with van der Waals surface area (Å²) in [4.78, 5) is 15.9. The van der Waals surface area contributed by atoms with Gasteiger partial charge in [0.1, 0.15) is 0 Å². The Bertz CT molecular complexity index is 3820. The van der Waals surface area contributed by atoms with E-state index in [0.717, 1.165) is 49.9 Å². The standard InChI is InChI=1S/C63H45N5/c1-62(2)51-26-16-14-24-43(51)45-34-49-47-32-39(28-30-55(47)67(57(49)36-53(45)62)41-20-10-6-11-21-41)60-64-59(38-18-8-5-9-19-38)65-61(66-60)40-29-31-56-48(33-40)50-35-46-44-25-15-17-27-52(44)63(3,4)54(46)37-58(50)68(56)42-22-12-7-13-23-42/h5-37H,1-4H3. The van der Waals surface area contributed by atoms with Gasteiger partial charge < -0.3 is 9.13 Å². The summed E-state index contributed by atoms with van der Waals surface area (Å²) >= 11 is 0. The first-order chi connectivity index (χ1) is 33.2. The van der Waals surface area contributed by atoms with E-state index in [4.69, 9.17) is 15.0 Å². The molecular weight excluding hydrogens is 827 g/mol. The van der Waals surface area contributed by atoms with E-state index >= 15 is 0 Å². The molecule has 0 aliphatic heterocycles. The average molecular weight is 872 g/mol. The molecule has 0 radical (unpaired) electrons. The summed E-state index contributed by atoms with van der Waals surface area (Å²) < 4.78 is 4.83. The third-order valence-corrected chi connectivity index (χ3v) is 15.1. The topological polar surface area (TPSA) is 48.5 Å². The number of benzene rings is 9. The van der Waals surface area contributed by atoms with E-state index in [9.17, 15) is 0 Å². The summed E-state index contributed by atoms with van der Waals surface area (Å²) in [6.45, 7) is 9.41. The van der Waals surface area contributed by atoms with E-state index in [2.05, 4.69) is 219 Å². The zero-order valence-electron chi connectivity index (χ0n) is 38.3. The lowest BCUT2D eigenvalue weighted by molar-refractivity contribution is 0.661. The Kier molecular flexibility index (Phi) is 8.02. The normalized spacial score (nSPS) is 14.1. The molecule has 0 saturated carbocycles. The molecule has 68 heavy (non-hydrogen) atoms. The average Bonchev–Trinajstić information content (AvgIpc) is 4.03. The zero-order chi connectivity index (χ0) is 45.5. The Morgan fingerprint density at radius 2 is 0.662 bits per heavy atom. The van der Waals surface area contributed by atoms with Gasteiger partial charge >= 0.3 is 0 Å². The molecule has 0 bridgehead atoms. The second-order valence-corrected chi connectivity index (χ2v) is 19.6. The Morgan fingerprint density at radius 3 is 1.10 bits per heavy atom. The fourth-order valence-electron chi connectivity index (χ4n) is 11.8. The van der Waals surface area contributed by atoms with Gasteiger partial charge in [0.25, 0.3) is 0 Å². The smallest absolute Gasteiger partial charge is 0.164 e. The molecule has 0 saturated heterocycles. The molecule has 2 aliphatic rings. The second-order valence-electron chi connectivity index (χ2n) is 19.6. The Labute approximate surface area is 394 Å². The van der Waals surface area contributed by atoms with Gasteiger partial charge in [-0.2, -0.15) is 0 Å². The fourth-order valence-corrected chi connectivity index (χ4v) is 11.8. The number of nitrogens with zero attached hydrogens (tertiary/aromatic N) is 5. The number of aromatic nitrogens is 5. The molecule has 0 N–H and O–H groups in total. The Hall–Kier alpha value is -8.41. The lowest BCUT2D eigenvalue weighted by atomic mass is 9.82. The van der Waals surface area contributed by atoms with Crippen molar-refractivity contribution in [1.82, 2.24) is 24.1 Å². The van der Waals surface area contributed by atoms with Crippen LogP contribution in [0.1, 0.15) is 49.9 Å². The molecule has 12 aromatic rings. The van der Waals surface area contributed by atoms with Gasteiger partial charge in [0.2, 0.25) is 0 Å². The minimum atomic E-state index is -0.125. The number of hydrogen-bond donors (Lipinski definition) is 0. The van der Waals surface area contributed by atoms with Crippen LogP contribution < -0.4 is 0 Å². The molecule has 0 unspecified atom stereocenters. The molecule has 5 nitrogen and oxygen atoms in total. The lowest BCUT2D eigenvalue weighted by Crippen LogP contribution is -2.14. The van der Waals surface area contributed by atoms with Crippen LogP contribution >= 0.6 is 0 Å². The van der Waals surface area contributed by atoms with Crippen molar-refractivity contribution in [1.29, 1.82) is 0 Å². The van der Waals surface area contributed by atoms with E-state index < -0.39 is 0 Å². The van der Waals surface area contributed by atoms with Crippen molar-refractivity contribution in [2.75, 3.05) is 0 Å². The summed E-state index contributed by atoms with van der Waals surface area (Å²) in [5.74, 6) is 1.90. The number of fused-ring (bicyclic) bond motifs is 12. The number of para-hydroxylation sites is 2. The zero-order valence-corrected chi connectivity index (χ0v) is 38.3. The van der Waals surface area contributed by atoms with Crippen LogP contribution in [-0.2, 0) is 10.8 Å². The third kappa shape index (κ3) is 5.47. The van der Waals surface area contributed by atoms with Crippen LogP contribution in [0.2, 0.25) is 0 Å². The summed E-state index contributed by atoms with van der Waals surface area (Å²) in [6, 6.07) is 72.7. The van der Waals surface area contributed by atoms with Crippen LogP contribution in [0.25, 0.3) is 111 Å². The number of rotatable bonds is 5. The minimum Gasteiger partial charge on any atom is -0.309 e. The van der Waals surface area contributed by atoms with Gasteiger partial charge in [0, 0.05) is 60.4 Å². The van der Waals surface area contributed by atoms with Crippen LogP contribution in [0, 0.1) is 0 Å². The minimum absolute atomic E-state index is 0.125. The predicted octanol–water partition coefficient (Wildman–Crippen LogP) is 15.7. The van der Waals surface area contributed by atoms with Crippen LogP contribution in [0.5, 0.6) is 0 Å². The van der Waals surface area contributed by atoms with Crippen molar-refractivity contribution in [2.24, 2.45) is 0 Å². The molecule has 0 spiro atoms. The van der Waals surface area contributed by atoms with Crippen molar-refractivity contribution >= 4 is 43.6 Å². The van der Waals surface area contributed by atoms with Crippen molar-refractivity contribution in [2.45, 2.75) is 38.5 Å². The maximum atomic E-state index is 5.38. The SMILES string of the molecule is CC1(C)c2ccccc2-c2cc3c4cc(-c5nc(-c6ccccc6)nc(-c6ccc7c(c6)c6cc8c(cc6n7-c6ccccc6)C(C)(C)c6ccccc6-8)n5)ccc4n(-c4ccccc4)c3cc21. The van der Waals surface area contributed by atoms with E-state index in [1.807, 2.05) is 18.2 Å². The van der Waals surface area contributed by atoms with Crippen LogP contribution in [0.3, 0.4) is 0 Å². The van der Waals surface area contributed by atoms with Crippen molar-refractivity contribution in [3.63, 3.8) is 0 Å². The largest absolute Gasteiger partial charge is 0.309 e. The summed E-state index contributed by atoms with van der Waals surface area (Å²) in [5.41, 5.74) is 20.1. The van der Waals surface area contributed by atoms with E-state index in [-0.39, 0.29) is 10.8 Å². The van der Waals surface area contributed by atoms with Gasteiger partial charge in [-0.05, 0) is 129 Å². The maximum absolute atomic E-state index is 5.38. The monoisotopic (exact) mass is 871 g/mol. The van der Waals surface area contributed by atoms with Crippen molar-refractivity contribution in [3.05, 3.63) is 222 Å². The van der Waals surface area contributed by atoms with E-state index in [1.54, 1.807) is 0 Å². The molecule has 0 amide bonds. The van der Waals surface area contributed by atoms with Crippen molar-refractivity contribution in [3.8, 4) is 67.8 Å². The van der Waals surface area contributed by atoms with Crippen LogP contribution in [-0.4, -0.2) is 24.1 Å². The highest BCUT2D eigenvalue weighted by molar-refractivity contribution is 6.14. The number of hydrogen-bond acceptors (Lipinski definition) is 3. The highest BCUT2D eigenvalue weighted by atomic mass is 15.0. The summed E-state index contributed by atoms with van der Waals surface area (Å²) in [7, 11) is 0. The molecule has 0 atom stereocenters. The summed E-state index contributed by atoms with van der Waals surface area (Å²) in [5, 5.41) is 4.71. The summed E-state index contributed by atoms with van der Waals surface area (Å²) in [6.07, 6.45) is 0. The molecule has 3 heterocycles. The van der Waals surface area contributed by atoms with Gasteiger partial charge in [0.15, 0.2) is 17.5 Å². The van der Waals surface area contributed by atoms with Crippen LogP contribution in [0.4, 0.5) is 0 Å². The molecule has 5 heteroatoms. The quantitative estimate of drug-likeness (QED) is 0.173. The Morgan fingerprint density at radius 1 is 0.294 bits per heavy atom. The van der Waals surface area contributed by atoms with Gasteiger partial charge in [-0.1, -0.05) is 143 Å². The second kappa shape index (κ2) is 14.1. The molecule has 9 aromatic carbocycles. The molecule has 3 aromatic heterocycles. The van der Waals surface area contributed by atoms with Gasteiger partial charge in [-0.3, -0.25) is 0 Å². The van der Waals surface area contributed by atoms with E-state index in [0.29, 0.717) is 17.5 Å². The first kappa shape index (κ1) is 38.8. The van der Waals surface area contributed by atoms with E-state index in [1.165, 1.54) is 66.3 Å². The molecule has 0 fully saturated rings. The molecule has 322 valence electrons. The molecule has 14 rings (SSSR count). The third-order valence-electron chi connectivity index (χ3n) is 15.1. The lowest BCUT2D eigenvalue weighted by Gasteiger charge is -2.21. The molecular formula is C63H45N5. The maximum Gasteiger partial charge on any atom is 0.164 e. The fraction of sp³-hybridized carbons (Fsp3) is 0.0952. The first-order valence-electron chi connectivity index (χ1n) is 23.6. The van der Waals surface area contributed by atoms with Gasteiger partial charge in [-0.15, -0.1) is 0 Å². The Balaban J connectivity index is 0.993. The van der Waals surface area contributed by atoms with Crippen LogP contribution in [0.15, 0.2) is 200 Å². The van der Waals surface area contributed by atoms with Gasteiger partial charge in [0.05, 0.1) is 22.1 Å². The van der Waals surface area contributed by atoms with Crippen molar-refractivity contribution < 1.29 is 0 Å². The first-order valence-corrected chi connectivity index (χ1v) is 23.6. The molecule has 2 aliphatic carbocycles. The highest BCUT2D eigenvalue weighted by Crippen LogP contribution is 2.53. The predicted molar refractivity (Wildman–Crippen MR) is 280 cm³/mol. The highest BCUT2D eigenvalue weighted by Gasteiger charge is 2.37. The van der Waals surface area contributed by atoms with Gasteiger partial charge in [-0.25, -0.2) is 15.0 Å².